The van der Waals surface area contributed by atoms with Gasteiger partial charge in [0.1, 0.15) is 19.6 Å². The van der Waals surface area contributed by atoms with Crippen LogP contribution in [0.25, 0.3) is 0 Å². The van der Waals surface area contributed by atoms with Crippen LogP contribution in [-0.4, -0.2) is 36.9 Å². The average Bonchev–Trinajstić information content (AvgIpc) is 2.71. The van der Waals surface area contributed by atoms with Gasteiger partial charge >= 0.3 is 6.09 Å². The Balaban J connectivity index is 1.49. The van der Waals surface area contributed by atoms with E-state index in [1.54, 1.807) is 4.90 Å². The number of carbonyl (C=O) groups excluding carboxylic acids is 1. The van der Waals surface area contributed by atoms with Gasteiger partial charge in [-0.15, -0.1) is 4.65 Å². The summed E-state index contributed by atoms with van der Waals surface area (Å²) in [5, 5.41) is 0. The number of anilines is 1. The van der Waals surface area contributed by atoms with Crippen LogP contribution in [0.2, 0.25) is 0 Å². The summed E-state index contributed by atoms with van der Waals surface area (Å²) in [6.45, 7) is 3.53. The minimum absolute atomic E-state index is 0.215. The molecule has 3 heterocycles. The Bertz CT molecular complexity index is 711. The lowest BCUT2D eigenvalue weighted by molar-refractivity contribution is -1.10. The van der Waals surface area contributed by atoms with E-state index in [0.29, 0.717) is 11.2 Å². The van der Waals surface area contributed by atoms with Crippen LogP contribution < -0.4 is 4.90 Å². The third-order valence-corrected chi connectivity index (χ3v) is 5.86. The molecule has 26 heavy (non-hydrogen) atoms. The number of carbonyl (C=O) groups is 1. The molecule has 2 aromatic carbocycles. The Morgan fingerprint density at radius 3 is 2.12 bits per heavy atom. The molecule has 0 spiro atoms. The number of rotatable bonds is 5. The van der Waals surface area contributed by atoms with Crippen molar-refractivity contribution in [2.24, 2.45) is 5.92 Å². The number of piperidine rings is 3. The minimum atomic E-state index is -0.215. The van der Waals surface area contributed by atoms with Crippen LogP contribution in [0.1, 0.15) is 24.8 Å². The summed E-state index contributed by atoms with van der Waals surface area (Å²) in [5.74, 6) is 0.844. The average molecular weight is 351 g/mol. The van der Waals surface area contributed by atoms with Gasteiger partial charge in [0.25, 0.3) is 0 Å². The van der Waals surface area contributed by atoms with E-state index in [1.807, 2.05) is 48.5 Å². The zero-order valence-corrected chi connectivity index (χ0v) is 15.2. The fourth-order valence-electron chi connectivity index (χ4n) is 4.19. The van der Waals surface area contributed by atoms with Crippen LogP contribution in [0.4, 0.5) is 10.5 Å². The van der Waals surface area contributed by atoms with Crippen LogP contribution in [0.5, 0.6) is 0 Å². The van der Waals surface area contributed by atoms with E-state index in [-0.39, 0.29) is 6.09 Å². The lowest BCUT2D eigenvalue weighted by Crippen LogP contribution is -2.60. The summed E-state index contributed by atoms with van der Waals surface area (Å²) in [6.07, 6.45) is 4.15. The molecule has 0 N–H and O–H groups in total. The molecule has 0 unspecified atom stereocenters. The van der Waals surface area contributed by atoms with E-state index in [9.17, 15) is 4.79 Å². The number of amides is 1. The monoisotopic (exact) mass is 351 g/mol. The quantitative estimate of drug-likeness (QED) is 0.747. The van der Waals surface area contributed by atoms with Crippen LogP contribution in [0.15, 0.2) is 60.7 Å². The highest BCUT2D eigenvalue weighted by molar-refractivity contribution is 5.87. The summed E-state index contributed by atoms with van der Waals surface area (Å²) < 4.78 is 0.518. The minimum Gasteiger partial charge on any atom is -0.273 e. The Morgan fingerprint density at radius 2 is 1.50 bits per heavy atom. The van der Waals surface area contributed by atoms with E-state index < -0.39 is 0 Å². The molecule has 3 fully saturated rings. The van der Waals surface area contributed by atoms with Crippen molar-refractivity contribution in [2.75, 3.05) is 31.1 Å². The molecule has 0 atom stereocenters. The first kappa shape index (κ1) is 17.1. The van der Waals surface area contributed by atoms with Crippen molar-refractivity contribution in [1.29, 1.82) is 0 Å². The first-order valence-corrected chi connectivity index (χ1v) is 9.70. The number of fused-ring (bicyclic) bond motifs is 3. The summed E-state index contributed by atoms with van der Waals surface area (Å²) in [4.78, 5) is 21.0. The maximum atomic E-state index is 13.1. The smallest absolute Gasteiger partial charge is 0.273 e. The van der Waals surface area contributed by atoms with Crippen LogP contribution in [0, 0.1) is 5.92 Å². The van der Waals surface area contributed by atoms with E-state index >= 15 is 0 Å². The van der Waals surface area contributed by atoms with E-state index in [0.717, 1.165) is 37.7 Å². The summed E-state index contributed by atoms with van der Waals surface area (Å²) in [6, 6.07) is 20.2. The number of nitrogens with zero attached hydrogens (tertiary/aromatic N) is 2. The fraction of sp³-hybridized carbons (Fsp3) is 0.409. The molecule has 0 radical (unpaired) electrons. The van der Waals surface area contributed by atoms with Gasteiger partial charge in [-0.05, 0) is 30.0 Å². The van der Waals surface area contributed by atoms with Crippen molar-refractivity contribution in [1.82, 2.24) is 0 Å². The van der Waals surface area contributed by atoms with Crippen LogP contribution in [-0.2, 0) is 11.3 Å². The number of hydroxylamine groups is 3. The summed E-state index contributed by atoms with van der Waals surface area (Å²) in [7, 11) is 0. The van der Waals surface area contributed by atoms with E-state index in [1.165, 1.54) is 24.8 Å². The Hall–Kier alpha value is -2.33. The number of quaternary nitrogens is 1. The van der Waals surface area contributed by atoms with Crippen LogP contribution >= 0.6 is 0 Å². The van der Waals surface area contributed by atoms with Crippen molar-refractivity contribution < 1.29 is 14.3 Å². The van der Waals surface area contributed by atoms with Crippen LogP contribution in [0.3, 0.4) is 0 Å². The molecule has 4 heteroatoms. The van der Waals surface area contributed by atoms with Crippen molar-refractivity contribution in [3.8, 4) is 0 Å². The molecule has 2 aromatic rings. The Morgan fingerprint density at radius 1 is 0.923 bits per heavy atom. The molecule has 0 aliphatic carbocycles. The molecule has 3 aliphatic heterocycles. The molecule has 3 saturated heterocycles. The SMILES string of the molecule is O=C(O[N+]12CCC(CC1)CC2)N(CCc1ccccc1)c1ccccc1. The third-order valence-electron chi connectivity index (χ3n) is 5.86. The summed E-state index contributed by atoms with van der Waals surface area (Å²) >= 11 is 0. The van der Waals surface area contributed by atoms with Gasteiger partial charge < -0.3 is 0 Å². The highest BCUT2D eigenvalue weighted by atomic mass is 16.8. The lowest BCUT2D eigenvalue weighted by atomic mass is 9.88. The maximum absolute atomic E-state index is 13.1. The zero-order valence-electron chi connectivity index (χ0n) is 15.2. The number of hydrogen-bond donors (Lipinski definition) is 0. The van der Waals surface area contributed by atoms with E-state index in [4.69, 9.17) is 4.84 Å². The molecule has 1 amide bonds. The number of para-hydroxylation sites is 1. The molecule has 4 nitrogen and oxygen atoms in total. The molecule has 2 bridgehead atoms. The van der Waals surface area contributed by atoms with Crippen molar-refractivity contribution in [3.05, 3.63) is 66.2 Å². The normalized spacial score (nSPS) is 24.2. The van der Waals surface area contributed by atoms with Gasteiger partial charge in [0.2, 0.25) is 0 Å². The second-order valence-corrected chi connectivity index (χ2v) is 7.54. The van der Waals surface area contributed by atoms with Gasteiger partial charge in [-0.3, -0.25) is 9.74 Å². The van der Waals surface area contributed by atoms with Crippen molar-refractivity contribution in [3.63, 3.8) is 0 Å². The van der Waals surface area contributed by atoms with Crippen molar-refractivity contribution in [2.45, 2.75) is 25.7 Å². The third kappa shape index (κ3) is 3.75. The number of hydrogen-bond acceptors (Lipinski definition) is 2. The molecule has 5 rings (SSSR count). The first-order valence-electron chi connectivity index (χ1n) is 9.70. The Kier molecular flexibility index (Phi) is 4.93. The standard InChI is InChI=1S/C22H27N2O2/c25-22(26-24-16-12-20(13-17-24)14-18-24)23(21-9-5-2-6-10-21)15-11-19-7-3-1-4-8-19/h1-10,20H,11-18H2/q+1. The predicted molar refractivity (Wildman–Crippen MR) is 103 cm³/mol. The van der Waals surface area contributed by atoms with E-state index in [2.05, 4.69) is 12.1 Å². The molecule has 0 aromatic heterocycles. The summed E-state index contributed by atoms with van der Waals surface area (Å²) in [5.41, 5.74) is 2.13. The molecular formula is C22H27N2O2+. The van der Waals surface area contributed by atoms with Gasteiger partial charge in [-0.1, -0.05) is 48.5 Å². The molecular weight excluding hydrogens is 324 g/mol. The lowest BCUT2D eigenvalue weighted by Gasteiger charge is -2.45. The van der Waals surface area contributed by atoms with Gasteiger partial charge in [0, 0.05) is 31.5 Å². The maximum Gasteiger partial charge on any atom is 0.468 e. The fourth-order valence-corrected chi connectivity index (χ4v) is 4.19. The van der Waals surface area contributed by atoms with Gasteiger partial charge in [0.15, 0.2) is 0 Å². The molecule has 3 aliphatic rings. The molecule has 136 valence electrons. The predicted octanol–water partition coefficient (Wildman–Crippen LogP) is 4.42. The molecule has 0 saturated carbocycles. The second-order valence-electron chi connectivity index (χ2n) is 7.54. The largest absolute Gasteiger partial charge is 0.468 e. The second kappa shape index (κ2) is 7.50. The highest BCUT2D eigenvalue weighted by Gasteiger charge is 2.44. The topological polar surface area (TPSA) is 29.5 Å². The van der Waals surface area contributed by atoms with Gasteiger partial charge in [-0.25, -0.2) is 4.79 Å². The first-order chi connectivity index (χ1) is 12.7. The highest BCUT2D eigenvalue weighted by Crippen LogP contribution is 2.34. The van der Waals surface area contributed by atoms with Gasteiger partial charge in [0.05, 0.1) is 0 Å². The Labute approximate surface area is 155 Å². The zero-order chi connectivity index (χ0) is 17.8. The number of benzene rings is 2. The van der Waals surface area contributed by atoms with Crippen molar-refractivity contribution >= 4 is 11.8 Å². The van der Waals surface area contributed by atoms with Gasteiger partial charge in [-0.2, -0.15) is 0 Å².